The lowest BCUT2D eigenvalue weighted by atomic mass is 10.1. The van der Waals surface area contributed by atoms with Crippen LogP contribution in [-0.4, -0.2) is 31.0 Å². The molecule has 2 rings (SSSR count). The standard InChI is InChI=1S/C9H6FNO4S/c10-16(14,15)5-11-8(12)6-3-1-2-4-7(6)9(11)13/h1-4H,5H2. The van der Waals surface area contributed by atoms with E-state index in [9.17, 15) is 21.9 Å². The van der Waals surface area contributed by atoms with Gasteiger partial charge >= 0.3 is 10.2 Å². The summed E-state index contributed by atoms with van der Waals surface area (Å²) in [5, 5.41) is 0. The topological polar surface area (TPSA) is 71.5 Å². The van der Waals surface area contributed by atoms with Gasteiger partial charge in [-0.1, -0.05) is 12.1 Å². The second-order valence-corrected chi connectivity index (χ2v) is 4.59. The average molecular weight is 243 g/mol. The number of hydrogen-bond donors (Lipinski definition) is 0. The second-order valence-electron chi connectivity index (χ2n) is 3.25. The summed E-state index contributed by atoms with van der Waals surface area (Å²) in [6, 6.07) is 5.86. The molecule has 84 valence electrons. The fourth-order valence-corrected chi connectivity index (χ4v) is 2.05. The maximum Gasteiger partial charge on any atom is 0.321 e. The smallest absolute Gasteiger partial charge is 0.269 e. The van der Waals surface area contributed by atoms with Gasteiger partial charge in [0.1, 0.15) is 0 Å². The average Bonchev–Trinajstić information content (AvgIpc) is 2.43. The van der Waals surface area contributed by atoms with E-state index in [1.807, 2.05) is 0 Å². The maximum atomic E-state index is 12.4. The molecular weight excluding hydrogens is 237 g/mol. The lowest BCUT2D eigenvalue weighted by molar-refractivity contribution is 0.0678. The molecule has 7 heteroatoms. The summed E-state index contributed by atoms with van der Waals surface area (Å²) in [7, 11) is -4.91. The summed E-state index contributed by atoms with van der Waals surface area (Å²) >= 11 is 0. The highest BCUT2D eigenvalue weighted by atomic mass is 32.3. The van der Waals surface area contributed by atoms with Crippen molar-refractivity contribution in [1.82, 2.24) is 4.90 Å². The van der Waals surface area contributed by atoms with Gasteiger partial charge in [-0.3, -0.25) is 14.5 Å². The Kier molecular flexibility index (Phi) is 2.27. The van der Waals surface area contributed by atoms with E-state index >= 15 is 0 Å². The molecule has 0 N–H and O–H groups in total. The first-order valence-electron chi connectivity index (χ1n) is 4.28. The number of halogens is 1. The molecule has 0 aliphatic carbocycles. The van der Waals surface area contributed by atoms with Crippen LogP contribution in [0.3, 0.4) is 0 Å². The molecule has 0 atom stereocenters. The first kappa shape index (κ1) is 10.7. The summed E-state index contributed by atoms with van der Waals surface area (Å²) < 4.78 is 33.3. The summed E-state index contributed by atoms with van der Waals surface area (Å²) in [6.07, 6.45) is 0. The summed E-state index contributed by atoms with van der Waals surface area (Å²) in [4.78, 5) is 23.5. The van der Waals surface area contributed by atoms with Crippen molar-refractivity contribution in [1.29, 1.82) is 0 Å². The van der Waals surface area contributed by atoms with E-state index in [-0.39, 0.29) is 11.1 Å². The van der Waals surface area contributed by atoms with Crippen molar-refractivity contribution in [2.75, 3.05) is 5.88 Å². The highest BCUT2D eigenvalue weighted by molar-refractivity contribution is 7.86. The van der Waals surface area contributed by atoms with E-state index in [1.165, 1.54) is 24.3 Å². The fraction of sp³-hybridized carbons (Fsp3) is 0.111. The number of amides is 2. The lowest BCUT2D eigenvalue weighted by Crippen LogP contribution is -2.33. The van der Waals surface area contributed by atoms with Crippen LogP contribution in [0.4, 0.5) is 3.89 Å². The van der Waals surface area contributed by atoms with E-state index in [1.54, 1.807) is 0 Å². The molecule has 0 aromatic heterocycles. The van der Waals surface area contributed by atoms with Crippen LogP contribution in [0, 0.1) is 0 Å². The van der Waals surface area contributed by atoms with Gasteiger partial charge in [0.05, 0.1) is 11.1 Å². The Morgan fingerprint density at radius 3 is 1.88 bits per heavy atom. The first-order valence-corrected chi connectivity index (χ1v) is 5.83. The molecule has 0 fully saturated rings. The Hall–Kier alpha value is -1.76. The zero-order chi connectivity index (χ0) is 11.9. The minimum Gasteiger partial charge on any atom is -0.269 e. The Morgan fingerprint density at radius 2 is 1.50 bits per heavy atom. The van der Waals surface area contributed by atoms with Crippen molar-refractivity contribution in [3.8, 4) is 0 Å². The molecule has 16 heavy (non-hydrogen) atoms. The SMILES string of the molecule is O=C1c2ccccc2C(=O)N1CS(=O)(=O)F. The van der Waals surface area contributed by atoms with Crippen LogP contribution in [0.15, 0.2) is 24.3 Å². The molecule has 1 aliphatic heterocycles. The number of nitrogens with zero attached hydrogens (tertiary/aromatic N) is 1. The van der Waals surface area contributed by atoms with Crippen LogP contribution in [0.5, 0.6) is 0 Å². The van der Waals surface area contributed by atoms with Crippen LogP contribution in [0.1, 0.15) is 20.7 Å². The number of hydrogen-bond acceptors (Lipinski definition) is 4. The molecule has 2 amide bonds. The van der Waals surface area contributed by atoms with Crippen molar-refractivity contribution in [3.05, 3.63) is 35.4 Å². The molecule has 1 heterocycles. The minimum absolute atomic E-state index is 0.0937. The zero-order valence-electron chi connectivity index (χ0n) is 7.88. The Balaban J connectivity index is 2.43. The Morgan fingerprint density at radius 1 is 1.06 bits per heavy atom. The van der Waals surface area contributed by atoms with Gasteiger partial charge in [0.15, 0.2) is 5.88 Å². The van der Waals surface area contributed by atoms with Crippen molar-refractivity contribution in [2.24, 2.45) is 0 Å². The van der Waals surface area contributed by atoms with E-state index in [4.69, 9.17) is 0 Å². The van der Waals surface area contributed by atoms with Gasteiger partial charge in [0.2, 0.25) is 0 Å². The third-order valence-corrected chi connectivity index (χ3v) is 2.73. The Bertz CT molecular complexity index is 546. The number of imide groups is 1. The van der Waals surface area contributed by atoms with Crippen molar-refractivity contribution in [2.45, 2.75) is 0 Å². The van der Waals surface area contributed by atoms with Crippen LogP contribution < -0.4 is 0 Å². The monoisotopic (exact) mass is 243 g/mol. The van der Waals surface area contributed by atoms with Crippen LogP contribution in [0.2, 0.25) is 0 Å². The van der Waals surface area contributed by atoms with E-state index in [0.29, 0.717) is 4.90 Å². The minimum atomic E-state index is -4.91. The van der Waals surface area contributed by atoms with Crippen LogP contribution >= 0.6 is 0 Å². The fourth-order valence-electron chi connectivity index (χ4n) is 1.51. The summed E-state index contributed by atoms with van der Waals surface area (Å²) in [5.74, 6) is -2.82. The number of carbonyl (C=O) groups excluding carboxylic acids is 2. The molecular formula is C9H6FNO4S. The largest absolute Gasteiger partial charge is 0.321 e. The molecule has 1 aliphatic rings. The van der Waals surface area contributed by atoms with E-state index in [0.717, 1.165) is 0 Å². The van der Waals surface area contributed by atoms with Crippen LogP contribution in [0.25, 0.3) is 0 Å². The van der Waals surface area contributed by atoms with Gasteiger partial charge in [-0.2, -0.15) is 8.42 Å². The predicted octanol–water partition coefficient (Wildman–Crippen LogP) is 0.539. The molecule has 5 nitrogen and oxygen atoms in total. The molecule has 0 saturated carbocycles. The Labute approximate surface area is 90.7 Å². The third kappa shape index (κ3) is 1.69. The normalized spacial score (nSPS) is 15.4. The lowest BCUT2D eigenvalue weighted by Gasteiger charge is -2.09. The highest BCUT2D eigenvalue weighted by Gasteiger charge is 2.37. The van der Waals surface area contributed by atoms with E-state index < -0.39 is 27.9 Å². The molecule has 0 spiro atoms. The maximum absolute atomic E-state index is 12.4. The van der Waals surface area contributed by atoms with Crippen molar-refractivity contribution in [3.63, 3.8) is 0 Å². The zero-order valence-corrected chi connectivity index (χ0v) is 8.70. The predicted molar refractivity (Wildman–Crippen MR) is 51.8 cm³/mol. The van der Waals surface area contributed by atoms with Crippen molar-refractivity contribution < 1.29 is 21.9 Å². The van der Waals surface area contributed by atoms with E-state index in [2.05, 4.69) is 0 Å². The van der Waals surface area contributed by atoms with Gasteiger partial charge in [0.25, 0.3) is 11.8 Å². The van der Waals surface area contributed by atoms with Gasteiger partial charge in [-0.15, -0.1) is 3.89 Å². The molecule has 0 unspecified atom stereocenters. The number of fused-ring (bicyclic) bond motifs is 1. The number of rotatable bonds is 2. The highest BCUT2D eigenvalue weighted by Crippen LogP contribution is 2.22. The van der Waals surface area contributed by atoms with Crippen molar-refractivity contribution >= 4 is 22.0 Å². The molecule has 0 bridgehead atoms. The summed E-state index contributed by atoms with van der Waals surface area (Å²) in [5.41, 5.74) is 0.187. The van der Waals surface area contributed by atoms with Gasteiger partial charge in [-0.05, 0) is 12.1 Å². The quantitative estimate of drug-likeness (QED) is 0.561. The number of benzene rings is 1. The summed E-state index contributed by atoms with van der Waals surface area (Å²) in [6.45, 7) is 0. The molecule has 1 aromatic carbocycles. The molecule has 0 saturated heterocycles. The first-order chi connectivity index (χ1) is 7.40. The third-order valence-electron chi connectivity index (χ3n) is 2.16. The van der Waals surface area contributed by atoms with Gasteiger partial charge in [-0.25, -0.2) is 0 Å². The number of carbonyl (C=O) groups is 2. The second kappa shape index (κ2) is 3.38. The van der Waals surface area contributed by atoms with Crippen LogP contribution in [-0.2, 0) is 10.2 Å². The van der Waals surface area contributed by atoms with Gasteiger partial charge < -0.3 is 0 Å². The van der Waals surface area contributed by atoms with Gasteiger partial charge in [0, 0.05) is 0 Å². The molecule has 0 radical (unpaired) electrons. The molecule has 1 aromatic rings.